The molecule has 0 saturated heterocycles. The lowest BCUT2D eigenvalue weighted by molar-refractivity contribution is 0.329. The van der Waals surface area contributed by atoms with Crippen LogP contribution in [0.3, 0.4) is 0 Å². The molecule has 0 spiro atoms. The maximum absolute atomic E-state index is 12.8. The van der Waals surface area contributed by atoms with Gasteiger partial charge < -0.3 is 5.73 Å². The van der Waals surface area contributed by atoms with E-state index in [-0.39, 0.29) is 10.9 Å². The third kappa shape index (κ3) is 2.52. The summed E-state index contributed by atoms with van der Waals surface area (Å²) in [5, 5.41) is 6.08. The van der Waals surface area contributed by atoms with Crippen LogP contribution in [0.15, 0.2) is 28.7 Å². The molecule has 1 atom stereocenters. The van der Waals surface area contributed by atoms with E-state index in [9.17, 15) is 8.42 Å². The van der Waals surface area contributed by atoms with Crippen LogP contribution >= 0.6 is 11.3 Å². The molecule has 0 bridgehead atoms. The normalized spacial score (nSPS) is 19.6. The fourth-order valence-corrected chi connectivity index (χ4v) is 5.21. The Bertz CT molecular complexity index is 735. The Balaban J connectivity index is 1.91. The van der Waals surface area contributed by atoms with Gasteiger partial charge in [-0.3, -0.25) is 4.68 Å². The van der Waals surface area contributed by atoms with Crippen molar-refractivity contribution < 1.29 is 8.42 Å². The molecule has 0 aliphatic carbocycles. The fourth-order valence-electron chi connectivity index (χ4n) is 2.68. The summed E-state index contributed by atoms with van der Waals surface area (Å²) >= 11 is 1.70. The Morgan fingerprint density at radius 3 is 3.10 bits per heavy atom. The molecule has 114 valence electrons. The minimum absolute atomic E-state index is 0.136. The molecule has 0 aromatic carbocycles. The van der Waals surface area contributed by atoms with E-state index in [1.54, 1.807) is 26.5 Å². The van der Waals surface area contributed by atoms with E-state index >= 15 is 0 Å². The predicted octanol–water partition coefficient (Wildman–Crippen LogP) is 1.21. The maximum atomic E-state index is 12.8. The standard InChI is InChI=1S/C13H18N4O2S2/c1-10-12-3-7-20-13(12)2-5-17(10)21(18,19)11-8-15-16(9-11)6-4-14/h3,7-10H,2,4-6,14H2,1H3. The topological polar surface area (TPSA) is 81.2 Å². The third-order valence-electron chi connectivity index (χ3n) is 3.80. The molecule has 2 aromatic rings. The summed E-state index contributed by atoms with van der Waals surface area (Å²) in [5.41, 5.74) is 6.58. The highest BCUT2D eigenvalue weighted by atomic mass is 32.2. The summed E-state index contributed by atoms with van der Waals surface area (Å²) in [6, 6.07) is 1.88. The lowest BCUT2D eigenvalue weighted by Gasteiger charge is -2.32. The zero-order chi connectivity index (χ0) is 15.0. The van der Waals surface area contributed by atoms with Crippen molar-refractivity contribution in [2.24, 2.45) is 5.73 Å². The average molecular weight is 326 g/mol. The number of fused-ring (bicyclic) bond motifs is 1. The summed E-state index contributed by atoms with van der Waals surface area (Å²) in [6.07, 6.45) is 3.73. The lowest BCUT2D eigenvalue weighted by atomic mass is 10.0. The molecule has 21 heavy (non-hydrogen) atoms. The Morgan fingerprint density at radius 1 is 1.52 bits per heavy atom. The van der Waals surface area contributed by atoms with Crippen molar-refractivity contribution in [1.29, 1.82) is 0 Å². The first-order valence-corrected chi connectivity index (χ1v) is 9.16. The first kappa shape index (κ1) is 14.7. The van der Waals surface area contributed by atoms with E-state index in [1.807, 2.05) is 18.4 Å². The molecule has 0 fully saturated rings. The number of aromatic nitrogens is 2. The van der Waals surface area contributed by atoms with Gasteiger partial charge in [0, 0.05) is 30.2 Å². The number of hydrogen-bond donors (Lipinski definition) is 1. The molecule has 0 saturated carbocycles. The van der Waals surface area contributed by atoms with Crippen LogP contribution < -0.4 is 5.73 Å². The van der Waals surface area contributed by atoms with Crippen molar-refractivity contribution in [3.63, 3.8) is 0 Å². The van der Waals surface area contributed by atoms with Gasteiger partial charge in [-0.1, -0.05) is 0 Å². The van der Waals surface area contributed by atoms with Crippen molar-refractivity contribution in [3.8, 4) is 0 Å². The summed E-state index contributed by atoms with van der Waals surface area (Å²) in [6.45, 7) is 3.39. The van der Waals surface area contributed by atoms with E-state index < -0.39 is 10.0 Å². The number of thiophene rings is 1. The third-order valence-corrected chi connectivity index (χ3v) is 6.71. The molecule has 0 amide bonds. The number of hydrogen-bond acceptors (Lipinski definition) is 5. The van der Waals surface area contributed by atoms with Crippen molar-refractivity contribution in [1.82, 2.24) is 14.1 Å². The van der Waals surface area contributed by atoms with Crippen LogP contribution in [0, 0.1) is 0 Å². The molecule has 2 aromatic heterocycles. The van der Waals surface area contributed by atoms with Gasteiger partial charge in [0.15, 0.2) is 0 Å². The summed E-state index contributed by atoms with van der Waals surface area (Å²) in [5.74, 6) is 0. The summed E-state index contributed by atoms with van der Waals surface area (Å²) in [4.78, 5) is 1.52. The minimum Gasteiger partial charge on any atom is -0.329 e. The Hall–Kier alpha value is -1.22. The number of sulfonamides is 1. The van der Waals surface area contributed by atoms with E-state index in [0.29, 0.717) is 19.6 Å². The molecular formula is C13H18N4O2S2. The fraction of sp³-hybridized carbons (Fsp3) is 0.462. The zero-order valence-corrected chi connectivity index (χ0v) is 13.4. The van der Waals surface area contributed by atoms with Gasteiger partial charge in [-0.2, -0.15) is 9.40 Å². The summed E-state index contributed by atoms with van der Waals surface area (Å²) in [7, 11) is -3.52. The van der Waals surface area contributed by atoms with Crippen molar-refractivity contribution in [2.75, 3.05) is 13.1 Å². The van der Waals surface area contributed by atoms with E-state index in [1.165, 1.54) is 11.1 Å². The predicted molar refractivity (Wildman–Crippen MR) is 81.6 cm³/mol. The average Bonchev–Trinajstić information content (AvgIpc) is 3.08. The Kier molecular flexibility index (Phi) is 3.87. The highest BCUT2D eigenvalue weighted by Crippen LogP contribution is 2.36. The van der Waals surface area contributed by atoms with Crippen LogP contribution in [0.2, 0.25) is 0 Å². The lowest BCUT2D eigenvalue weighted by Crippen LogP contribution is -2.38. The van der Waals surface area contributed by atoms with Crippen LogP contribution in [0.1, 0.15) is 23.4 Å². The second kappa shape index (κ2) is 5.53. The Labute approximate surface area is 128 Å². The van der Waals surface area contributed by atoms with E-state index in [0.717, 1.165) is 12.0 Å². The number of nitrogens with zero attached hydrogens (tertiary/aromatic N) is 3. The zero-order valence-electron chi connectivity index (χ0n) is 11.8. The summed E-state index contributed by atoms with van der Waals surface area (Å²) < 4.78 is 28.7. The largest absolute Gasteiger partial charge is 0.329 e. The number of rotatable bonds is 4. The Morgan fingerprint density at radius 2 is 2.33 bits per heavy atom. The van der Waals surface area contributed by atoms with Crippen LogP contribution in [0.5, 0.6) is 0 Å². The molecule has 1 aliphatic heterocycles. The molecule has 8 heteroatoms. The molecule has 1 unspecified atom stereocenters. The first-order valence-electron chi connectivity index (χ1n) is 6.84. The molecule has 3 rings (SSSR count). The number of nitrogens with two attached hydrogens (primary N) is 1. The van der Waals surface area contributed by atoms with Gasteiger partial charge in [0.2, 0.25) is 10.0 Å². The highest BCUT2D eigenvalue weighted by molar-refractivity contribution is 7.89. The molecule has 1 aliphatic rings. The minimum atomic E-state index is -3.52. The van der Waals surface area contributed by atoms with Crippen LogP contribution in [-0.4, -0.2) is 35.6 Å². The van der Waals surface area contributed by atoms with Gasteiger partial charge >= 0.3 is 0 Å². The van der Waals surface area contributed by atoms with Gasteiger partial charge in [-0.05, 0) is 30.4 Å². The van der Waals surface area contributed by atoms with Gasteiger partial charge in [0.1, 0.15) is 4.90 Å². The van der Waals surface area contributed by atoms with Gasteiger partial charge in [0.05, 0.1) is 12.7 Å². The molecule has 0 radical (unpaired) electrons. The van der Waals surface area contributed by atoms with Gasteiger partial charge in [0.25, 0.3) is 0 Å². The van der Waals surface area contributed by atoms with Crippen LogP contribution in [-0.2, 0) is 23.0 Å². The molecular weight excluding hydrogens is 308 g/mol. The van der Waals surface area contributed by atoms with Crippen LogP contribution in [0.25, 0.3) is 0 Å². The van der Waals surface area contributed by atoms with Crippen LogP contribution in [0.4, 0.5) is 0 Å². The second-order valence-corrected chi connectivity index (χ2v) is 7.96. The van der Waals surface area contributed by atoms with Gasteiger partial charge in [-0.15, -0.1) is 11.3 Å². The quantitative estimate of drug-likeness (QED) is 0.916. The van der Waals surface area contributed by atoms with Crippen molar-refractivity contribution in [2.45, 2.75) is 30.8 Å². The monoisotopic (exact) mass is 326 g/mol. The molecule has 3 heterocycles. The highest BCUT2D eigenvalue weighted by Gasteiger charge is 2.35. The molecule has 2 N–H and O–H groups in total. The SMILES string of the molecule is CC1c2ccsc2CCN1S(=O)(=O)c1cnn(CCN)c1. The van der Waals surface area contributed by atoms with Gasteiger partial charge in [-0.25, -0.2) is 8.42 Å². The van der Waals surface area contributed by atoms with Crippen molar-refractivity contribution in [3.05, 3.63) is 34.3 Å². The van der Waals surface area contributed by atoms with Crippen molar-refractivity contribution >= 4 is 21.4 Å². The van der Waals surface area contributed by atoms with E-state index in [4.69, 9.17) is 5.73 Å². The smallest absolute Gasteiger partial charge is 0.246 e. The second-order valence-electron chi connectivity index (χ2n) is 5.07. The molecule has 6 nitrogen and oxygen atoms in total. The first-order chi connectivity index (χ1) is 10.0. The maximum Gasteiger partial charge on any atom is 0.246 e. The van der Waals surface area contributed by atoms with E-state index in [2.05, 4.69) is 5.10 Å².